The van der Waals surface area contributed by atoms with Crippen LogP contribution >= 0.6 is 0 Å². The molecule has 0 fully saturated rings. The lowest BCUT2D eigenvalue weighted by Crippen LogP contribution is -2.13. The van der Waals surface area contributed by atoms with Crippen molar-refractivity contribution in [3.05, 3.63) is 42.7 Å². The minimum Gasteiger partial charge on any atom is -0.384 e. The minimum absolute atomic E-state index is 0.111. The van der Waals surface area contributed by atoms with E-state index in [9.17, 15) is 8.42 Å². The van der Waals surface area contributed by atoms with Crippen LogP contribution in [0.2, 0.25) is 0 Å². The molecule has 0 saturated carbocycles. The van der Waals surface area contributed by atoms with Gasteiger partial charge in [0.15, 0.2) is 5.82 Å². The Bertz CT molecular complexity index is 860. The van der Waals surface area contributed by atoms with Crippen LogP contribution in [-0.4, -0.2) is 18.6 Å². The second-order valence-corrected chi connectivity index (χ2v) is 5.76. The van der Waals surface area contributed by atoms with Crippen LogP contribution in [0.5, 0.6) is 0 Å². The molecule has 3 rings (SSSR count). The summed E-state index contributed by atoms with van der Waals surface area (Å²) in [4.78, 5) is 4.22. The molecule has 3 aromatic rings. The Morgan fingerprint density at radius 1 is 1.15 bits per heavy atom. The van der Waals surface area contributed by atoms with Crippen molar-refractivity contribution in [3.63, 3.8) is 0 Å². The summed E-state index contributed by atoms with van der Waals surface area (Å²) in [7, 11) is -3.72. The van der Waals surface area contributed by atoms with Crippen molar-refractivity contribution in [3.8, 4) is 0 Å². The van der Waals surface area contributed by atoms with Crippen LogP contribution < -0.4 is 10.5 Å². The number of anilines is 2. The van der Waals surface area contributed by atoms with Crippen LogP contribution in [0.4, 0.5) is 11.6 Å². The smallest absolute Gasteiger partial charge is 0.263 e. The van der Waals surface area contributed by atoms with Gasteiger partial charge in [-0.25, -0.2) is 13.4 Å². The Morgan fingerprint density at radius 2 is 2.00 bits per heavy atom. The first-order valence-electron chi connectivity index (χ1n) is 5.64. The molecule has 0 aliphatic carbocycles. The lowest BCUT2D eigenvalue weighted by molar-refractivity contribution is 0.423. The fraction of sp³-hybridized carbons (Fsp3) is 0. The van der Waals surface area contributed by atoms with Gasteiger partial charge in [0.1, 0.15) is 12.1 Å². The molecule has 2 heterocycles. The molecule has 2 aromatic heterocycles. The molecule has 0 atom stereocenters. The van der Waals surface area contributed by atoms with Crippen LogP contribution in [-0.2, 0) is 10.0 Å². The Labute approximate surface area is 114 Å². The van der Waals surface area contributed by atoms with E-state index in [2.05, 4.69) is 19.4 Å². The summed E-state index contributed by atoms with van der Waals surface area (Å²) in [6, 6.07) is 9.32. The summed E-state index contributed by atoms with van der Waals surface area (Å²) in [5.74, 6) is 0.509. The van der Waals surface area contributed by atoms with Crippen LogP contribution in [0.1, 0.15) is 0 Å². The lowest BCUT2D eigenvalue weighted by atomic mass is 10.2. The highest BCUT2D eigenvalue weighted by Crippen LogP contribution is 2.20. The fourth-order valence-corrected chi connectivity index (χ4v) is 2.78. The van der Waals surface area contributed by atoms with Gasteiger partial charge in [0.2, 0.25) is 0 Å². The Morgan fingerprint density at radius 3 is 2.75 bits per heavy atom. The third kappa shape index (κ3) is 2.28. The second kappa shape index (κ2) is 4.49. The number of benzene rings is 1. The van der Waals surface area contributed by atoms with E-state index in [4.69, 9.17) is 5.73 Å². The third-order valence-electron chi connectivity index (χ3n) is 2.67. The van der Waals surface area contributed by atoms with Gasteiger partial charge in [-0.15, -0.1) is 0 Å². The number of sulfonamides is 1. The molecule has 0 aliphatic heterocycles. The second-order valence-electron chi connectivity index (χ2n) is 4.08. The first-order valence-corrected chi connectivity index (χ1v) is 7.12. The van der Waals surface area contributed by atoms with Crippen LogP contribution in [0.15, 0.2) is 52.1 Å². The molecule has 0 saturated heterocycles. The Hall–Kier alpha value is -2.61. The quantitative estimate of drug-likeness (QED) is 0.758. The van der Waals surface area contributed by atoms with Crippen molar-refractivity contribution >= 4 is 32.6 Å². The topological polar surface area (TPSA) is 111 Å². The molecule has 7 nitrogen and oxygen atoms in total. The SMILES string of the molecule is Nc1ccc2cc(S(=O)(=O)Nc3ccon3)ccc2n1. The number of nitrogen functional groups attached to an aromatic ring is 1. The molecular weight excluding hydrogens is 280 g/mol. The molecule has 0 unspecified atom stereocenters. The maximum Gasteiger partial charge on any atom is 0.263 e. The number of nitrogens with zero attached hydrogens (tertiary/aromatic N) is 2. The van der Waals surface area contributed by atoms with E-state index in [1.54, 1.807) is 18.2 Å². The number of aromatic nitrogens is 2. The number of rotatable bonds is 3. The summed E-state index contributed by atoms with van der Waals surface area (Å²) < 4.78 is 31.2. The van der Waals surface area contributed by atoms with Gasteiger partial charge in [0, 0.05) is 11.5 Å². The molecule has 0 amide bonds. The molecule has 20 heavy (non-hydrogen) atoms. The van der Waals surface area contributed by atoms with Crippen molar-refractivity contribution in [2.75, 3.05) is 10.5 Å². The van der Waals surface area contributed by atoms with E-state index in [0.29, 0.717) is 16.7 Å². The van der Waals surface area contributed by atoms with Gasteiger partial charge in [0.25, 0.3) is 10.0 Å². The van der Waals surface area contributed by atoms with E-state index in [1.807, 2.05) is 0 Å². The number of nitrogens with two attached hydrogens (primary N) is 1. The fourth-order valence-electron chi connectivity index (χ4n) is 1.75. The minimum atomic E-state index is -3.72. The van der Waals surface area contributed by atoms with Crippen molar-refractivity contribution < 1.29 is 12.9 Å². The van der Waals surface area contributed by atoms with Gasteiger partial charge in [-0.2, -0.15) is 0 Å². The largest absolute Gasteiger partial charge is 0.384 e. The van der Waals surface area contributed by atoms with Gasteiger partial charge < -0.3 is 10.3 Å². The molecule has 0 bridgehead atoms. The number of hydrogen-bond donors (Lipinski definition) is 2. The summed E-state index contributed by atoms with van der Waals surface area (Å²) in [5, 5.41) is 4.19. The summed E-state index contributed by atoms with van der Waals surface area (Å²) in [6.45, 7) is 0. The zero-order valence-corrected chi connectivity index (χ0v) is 11.0. The molecule has 0 spiro atoms. The maximum atomic E-state index is 12.2. The molecular formula is C12H10N4O3S. The highest BCUT2D eigenvalue weighted by Gasteiger charge is 2.16. The zero-order chi connectivity index (χ0) is 14.2. The highest BCUT2D eigenvalue weighted by atomic mass is 32.2. The molecule has 102 valence electrons. The average molecular weight is 290 g/mol. The molecule has 0 radical (unpaired) electrons. The summed E-state index contributed by atoms with van der Waals surface area (Å²) in [6.07, 6.45) is 1.28. The van der Waals surface area contributed by atoms with E-state index in [1.165, 1.54) is 24.5 Å². The predicted molar refractivity (Wildman–Crippen MR) is 73.5 cm³/mol. The van der Waals surface area contributed by atoms with Gasteiger partial charge in [-0.05, 0) is 30.3 Å². The van der Waals surface area contributed by atoms with E-state index < -0.39 is 10.0 Å². The molecule has 1 aromatic carbocycles. The normalized spacial score (nSPS) is 11.6. The van der Waals surface area contributed by atoms with Crippen molar-refractivity contribution in [1.82, 2.24) is 10.1 Å². The lowest BCUT2D eigenvalue weighted by Gasteiger charge is -2.06. The number of hydrogen-bond acceptors (Lipinski definition) is 6. The van der Waals surface area contributed by atoms with Crippen LogP contribution in [0.25, 0.3) is 10.9 Å². The van der Waals surface area contributed by atoms with Gasteiger partial charge in [-0.1, -0.05) is 5.16 Å². The predicted octanol–water partition coefficient (Wildman–Crippen LogP) is 1.61. The van der Waals surface area contributed by atoms with Crippen molar-refractivity contribution in [2.45, 2.75) is 4.90 Å². The highest BCUT2D eigenvalue weighted by molar-refractivity contribution is 7.92. The summed E-state index contributed by atoms with van der Waals surface area (Å²) in [5.41, 5.74) is 6.21. The van der Waals surface area contributed by atoms with E-state index >= 15 is 0 Å². The zero-order valence-electron chi connectivity index (χ0n) is 10.1. The van der Waals surface area contributed by atoms with E-state index in [0.717, 1.165) is 0 Å². The molecule has 8 heteroatoms. The average Bonchev–Trinajstić information content (AvgIpc) is 2.90. The first-order chi connectivity index (χ1) is 9.54. The Kier molecular flexibility index (Phi) is 2.79. The van der Waals surface area contributed by atoms with E-state index in [-0.39, 0.29) is 10.7 Å². The number of pyridine rings is 1. The van der Waals surface area contributed by atoms with Gasteiger partial charge in [0.05, 0.1) is 10.4 Å². The molecule has 0 aliphatic rings. The standard InChI is InChI=1S/C12H10N4O3S/c13-11-4-1-8-7-9(2-3-10(8)14-11)20(17,18)16-12-5-6-19-15-12/h1-7H,(H2,13,14)(H,15,16). The van der Waals surface area contributed by atoms with Crippen molar-refractivity contribution in [1.29, 1.82) is 0 Å². The Balaban J connectivity index is 2.03. The third-order valence-corrected chi connectivity index (χ3v) is 4.02. The summed E-state index contributed by atoms with van der Waals surface area (Å²) >= 11 is 0. The molecule has 3 N–H and O–H groups in total. The monoisotopic (exact) mass is 290 g/mol. The number of fused-ring (bicyclic) bond motifs is 1. The van der Waals surface area contributed by atoms with Crippen LogP contribution in [0, 0.1) is 0 Å². The van der Waals surface area contributed by atoms with Crippen molar-refractivity contribution in [2.24, 2.45) is 0 Å². The van der Waals surface area contributed by atoms with Gasteiger partial charge in [-0.3, -0.25) is 4.72 Å². The first kappa shape index (κ1) is 12.4. The maximum absolute atomic E-state index is 12.2. The number of nitrogens with one attached hydrogen (secondary N) is 1. The van der Waals surface area contributed by atoms with Crippen LogP contribution in [0.3, 0.4) is 0 Å². The van der Waals surface area contributed by atoms with Gasteiger partial charge >= 0.3 is 0 Å².